The Labute approximate surface area is 89.9 Å². The normalized spacial score (nSPS) is 11.3. The van der Waals surface area contributed by atoms with Gasteiger partial charge in [-0.15, -0.1) is 0 Å². The second kappa shape index (κ2) is 4.89. The first-order valence-corrected chi connectivity index (χ1v) is 4.96. The van der Waals surface area contributed by atoms with Crippen molar-refractivity contribution < 1.29 is 4.79 Å². The van der Waals surface area contributed by atoms with Crippen LogP contribution in [-0.4, -0.2) is 23.0 Å². The number of nitrogens with zero attached hydrogens (tertiary/aromatic N) is 1. The minimum Gasteiger partial charge on any atom is -0.368 e. The van der Waals surface area contributed by atoms with Crippen LogP contribution in [-0.2, 0) is 11.2 Å². The molecular formula is C11H17N3O. The van der Waals surface area contributed by atoms with Crippen molar-refractivity contribution in [1.82, 2.24) is 10.3 Å². The molecule has 0 spiro atoms. The molecule has 0 aromatic carbocycles. The first-order chi connectivity index (χ1) is 7.02. The number of amides is 1. The molecule has 0 saturated heterocycles. The van der Waals surface area contributed by atoms with E-state index in [4.69, 9.17) is 5.73 Å². The third-order valence-corrected chi connectivity index (χ3v) is 2.32. The highest BCUT2D eigenvalue weighted by Gasteiger charge is 2.23. The van der Waals surface area contributed by atoms with Gasteiger partial charge >= 0.3 is 0 Å². The van der Waals surface area contributed by atoms with Gasteiger partial charge in [-0.3, -0.25) is 9.78 Å². The molecule has 4 heteroatoms. The molecule has 0 bridgehead atoms. The van der Waals surface area contributed by atoms with E-state index in [-0.39, 0.29) is 5.91 Å². The van der Waals surface area contributed by atoms with E-state index in [1.54, 1.807) is 20.0 Å². The van der Waals surface area contributed by atoms with Gasteiger partial charge in [0.1, 0.15) is 0 Å². The van der Waals surface area contributed by atoms with Crippen molar-refractivity contribution in [3.63, 3.8) is 0 Å². The molecule has 0 atom stereocenters. The standard InChI is InChI=1S/C11H17N3O/c1-11(2,10(12)15)14-7-5-9-4-3-6-13-8-9/h3-4,6,8,14H,5,7H2,1-2H3,(H2,12,15). The van der Waals surface area contributed by atoms with Crippen molar-refractivity contribution in [2.75, 3.05) is 6.54 Å². The van der Waals surface area contributed by atoms with Crippen LogP contribution in [0, 0.1) is 0 Å². The summed E-state index contributed by atoms with van der Waals surface area (Å²) in [6.45, 7) is 4.26. The van der Waals surface area contributed by atoms with E-state index in [0.717, 1.165) is 12.0 Å². The van der Waals surface area contributed by atoms with Crippen LogP contribution in [0.1, 0.15) is 19.4 Å². The zero-order chi connectivity index (χ0) is 11.3. The fraction of sp³-hybridized carbons (Fsp3) is 0.455. The maximum absolute atomic E-state index is 11.0. The Kier molecular flexibility index (Phi) is 3.80. The number of hydrogen-bond acceptors (Lipinski definition) is 3. The Hall–Kier alpha value is -1.42. The zero-order valence-corrected chi connectivity index (χ0v) is 9.16. The van der Waals surface area contributed by atoms with E-state index >= 15 is 0 Å². The lowest BCUT2D eigenvalue weighted by Crippen LogP contribution is -2.51. The number of nitrogens with one attached hydrogen (secondary N) is 1. The SMILES string of the molecule is CC(C)(NCCc1cccnc1)C(N)=O. The van der Waals surface area contributed by atoms with Crippen molar-refractivity contribution in [2.45, 2.75) is 25.8 Å². The molecule has 1 heterocycles. The van der Waals surface area contributed by atoms with Crippen molar-refractivity contribution in [3.05, 3.63) is 30.1 Å². The Morgan fingerprint density at radius 2 is 2.33 bits per heavy atom. The Balaban J connectivity index is 2.37. The fourth-order valence-electron chi connectivity index (χ4n) is 1.15. The van der Waals surface area contributed by atoms with Gasteiger partial charge in [-0.25, -0.2) is 0 Å². The highest BCUT2D eigenvalue weighted by Crippen LogP contribution is 2.01. The highest BCUT2D eigenvalue weighted by atomic mass is 16.1. The molecule has 0 unspecified atom stereocenters. The molecule has 0 fully saturated rings. The number of primary amides is 1. The largest absolute Gasteiger partial charge is 0.368 e. The predicted octanol–water partition coefficient (Wildman–Crippen LogP) is 0.478. The van der Waals surface area contributed by atoms with E-state index in [0.29, 0.717) is 6.54 Å². The third-order valence-electron chi connectivity index (χ3n) is 2.32. The van der Waals surface area contributed by atoms with Crippen molar-refractivity contribution in [2.24, 2.45) is 5.73 Å². The Morgan fingerprint density at radius 1 is 1.60 bits per heavy atom. The average Bonchev–Trinajstić information content (AvgIpc) is 2.19. The summed E-state index contributed by atoms with van der Waals surface area (Å²) in [4.78, 5) is 15.0. The second-order valence-electron chi connectivity index (χ2n) is 4.03. The number of carbonyl (C=O) groups excluding carboxylic acids is 1. The summed E-state index contributed by atoms with van der Waals surface area (Å²) in [5, 5.41) is 3.10. The summed E-state index contributed by atoms with van der Waals surface area (Å²) in [5.74, 6) is -0.339. The molecule has 0 aliphatic carbocycles. The lowest BCUT2D eigenvalue weighted by molar-refractivity contribution is -0.123. The van der Waals surface area contributed by atoms with Crippen molar-refractivity contribution in [1.29, 1.82) is 0 Å². The van der Waals surface area contributed by atoms with Gasteiger partial charge in [0.15, 0.2) is 0 Å². The quantitative estimate of drug-likeness (QED) is 0.737. The van der Waals surface area contributed by atoms with Crippen molar-refractivity contribution >= 4 is 5.91 Å². The molecule has 0 aliphatic rings. The number of carbonyl (C=O) groups is 1. The number of rotatable bonds is 5. The van der Waals surface area contributed by atoms with Crippen molar-refractivity contribution in [3.8, 4) is 0 Å². The number of hydrogen-bond donors (Lipinski definition) is 2. The first-order valence-electron chi connectivity index (χ1n) is 4.96. The summed E-state index contributed by atoms with van der Waals surface area (Å²) in [6, 6.07) is 3.90. The number of pyridine rings is 1. The molecule has 1 aromatic rings. The van der Waals surface area contributed by atoms with Gasteiger partial charge in [-0.1, -0.05) is 6.07 Å². The van der Waals surface area contributed by atoms with E-state index in [2.05, 4.69) is 10.3 Å². The van der Waals surface area contributed by atoms with E-state index in [9.17, 15) is 4.79 Å². The molecule has 1 aromatic heterocycles. The van der Waals surface area contributed by atoms with Crippen LogP contribution >= 0.6 is 0 Å². The molecular weight excluding hydrogens is 190 g/mol. The van der Waals surface area contributed by atoms with Gasteiger partial charge in [0, 0.05) is 18.9 Å². The minimum absolute atomic E-state index is 0.339. The summed E-state index contributed by atoms with van der Waals surface area (Å²) < 4.78 is 0. The maximum atomic E-state index is 11.0. The van der Waals surface area contributed by atoms with Gasteiger partial charge in [-0.05, 0) is 31.9 Å². The van der Waals surface area contributed by atoms with Crippen LogP contribution < -0.4 is 11.1 Å². The smallest absolute Gasteiger partial charge is 0.237 e. The van der Waals surface area contributed by atoms with E-state index in [1.165, 1.54) is 0 Å². The summed E-state index contributed by atoms with van der Waals surface area (Å²) in [6.07, 6.45) is 4.40. The lowest BCUT2D eigenvalue weighted by atomic mass is 10.0. The first kappa shape index (κ1) is 11.7. The number of nitrogens with two attached hydrogens (primary N) is 1. The molecule has 82 valence electrons. The summed E-state index contributed by atoms with van der Waals surface area (Å²) in [7, 11) is 0. The van der Waals surface area contributed by atoms with E-state index in [1.807, 2.05) is 18.3 Å². The van der Waals surface area contributed by atoms with Crippen LogP contribution in [0.3, 0.4) is 0 Å². The van der Waals surface area contributed by atoms with Crippen LogP contribution in [0.15, 0.2) is 24.5 Å². The molecule has 0 radical (unpaired) electrons. The average molecular weight is 207 g/mol. The van der Waals surface area contributed by atoms with Crippen LogP contribution in [0.4, 0.5) is 0 Å². The third kappa shape index (κ3) is 3.67. The van der Waals surface area contributed by atoms with Crippen LogP contribution in [0.5, 0.6) is 0 Å². The maximum Gasteiger partial charge on any atom is 0.237 e. The predicted molar refractivity (Wildman–Crippen MR) is 59.2 cm³/mol. The van der Waals surface area contributed by atoms with Crippen LogP contribution in [0.2, 0.25) is 0 Å². The molecule has 0 saturated carbocycles. The Morgan fingerprint density at radius 3 is 2.87 bits per heavy atom. The van der Waals surface area contributed by atoms with E-state index < -0.39 is 5.54 Å². The summed E-state index contributed by atoms with van der Waals surface area (Å²) >= 11 is 0. The lowest BCUT2D eigenvalue weighted by Gasteiger charge is -2.22. The minimum atomic E-state index is -0.651. The Bertz CT molecular complexity index is 322. The van der Waals surface area contributed by atoms with Gasteiger partial charge in [0.05, 0.1) is 5.54 Å². The topological polar surface area (TPSA) is 68.0 Å². The van der Waals surface area contributed by atoms with Gasteiger partial charge in [0.2, 0.25) is 5.91 Å². The molecule has 0 aliphatic heterocycles. The van der Waals surface area contributed by atoms with Gasteiger partial charge in [0.25, 0.3) is 0 Å². The fourth-order valence-corrected chi connectivity index (χ4v) is 1.15. The molecule has 1 rings (SSSR count). The van der Waals surface area contributed by atoms with Gasteiger partial charge < -0.3 is 11.1 Å². The molecule has 1 amide bonds. The van der Waals surface area contributed by atoms with Gasteiger partial charge in [-0.2, -0.15) is 0 Å². The molecule has 4 nitrogen and oxygen atoms in total. The summed E-state index contributed by atoms with van der Waals surface area (Å²) in [5.41, 5.74) is 5.73. The zero-order valence-electron chi connectivity index (χ0n) is 9.16. The molecule has 3 N–H and O–H groups in total. The molecule has 15 heavy (non-hydrogen) atoms. The highest BCUT2D eigenvalue weighted by molar-refractivity contribution is 5.83. The van der Waals surface area contributed by atoms with Crippen LogP contribution in [0.25, 0.3) is 0 Å². The monoisotopic (exact) mass is 207 g/mol. The number of aromatic nitrogens is 1. The second-order valence-corrected chi connectivity index (χ2v) is 4.03.